The number of carbonyl (C=O) groups is 3. The van der Waals surface area contributed by atoms with Crippen LogP contribution in [0.3, 0.4) is 0 Å². The van der Waals surface area contributed by atoms with Crippen molar-refractivity contribution in [1.82, 2.24) is 15.5 Å². The second-order valence-corrected chi connectivity index (χ2v) is 8.46. The normalized spacial score (nSPS) is 23.7. The number of nitrogens with one attached hydrogen (secondary N) is 2. The number of benzene rings is 1. The minimum absolute atomic E-state index is 0.0682. The molecule has 3 aliphatic rings. The largest absolute Gasteiger partial charge is 0.473 e. The van der Waals surface area contributed by atoms with E-state index >= 15 is 0 Å². The van der Waals surface area contributed by atoms with Gasteiger partial charge < -0.3 is 21.3 Å². The Morgan fingerprint density at radius 2 is 1.81 bits per heavy atom. The summed E-state index contributed by atoms with van der Waals surface area (Å²) in [5.41, 5.74) is 6.67. The van der Waals surface area contributed by atoms with Crippen molar-refractivity contribution in [3.8, 4) is 0 Å². The van der Waals surface area contributed by atoms with E-state index in [0.717, 1.165) is 38.5 Å². The number of hydrogen-bond donors (Lipinski definition) is 3. The number of carbonyl (C=O) groups excluding carboxylic acids is 3. The first-order valence-corrected chi connectivity index (χ1v) is 10.6. The number of fused-ring (bicyclic) bond motifs is 1. The molecule has 8 nitrogen and oxygen atoms in total. The number of halogens is 3. The molecule has 0 spiro atoms. The Balaban J connectivity index is 1.50. The molecule has 0 aromatic heterocycles. The van der Waals surface area contributed by atoms with Crippen LogP contribution in [-0.4, -0.2) is 52.9 Å². The van der Waals surface area contributed by atoms with Crippen LogP contribution in [0.1, 0.15) is 60.0 Å². The van der Waals surface area contributed by atoms with Gasteiger partial charge in [0.25, 0.3) is 5.91 Å². The van der Waals surface area contributed by atoms with E-state index in [9.17, 15) is 27.6 Å². The molecule has 1 aromatic carbocycles. The lowest BCUT2D eigenvalue weighted by atomic mass is 9.89. The second-order valence-electron chi connectivity index (χ2n) is 8.46. The Labute approximate surface area is 182 Å². The third-order valence-corrected chi connectivity index (χ3v) is 6.06. The molecule has 4 amide bonds. The first-order chi connectivity index (χ1) is 15.1. The monoisotopic (exact) mass is 451 g/mol. The van der Waals surface area contributed by atoms with Gasteiger partial charge in [-0.2, -0.15) is 18.2 Å². The lowest BCUT2D eigenvalue weighted by Crippen LogP contribution is -2.55. The molecule has 1 unspecified atom stereocenters. The van der Waals surface area contributed by atoms with E-state index in [0.29, 0.717) is 17.7 Å². The van der Waals surface area contributed by atoms with Gasteiger partial charge in [-0.1, -0.05) is 25.0 Å². The van der Waals surface area contributed by atoms with Crippen molar-refractivity contribution in [2.75, 3.05) is 0 Å². The third-order valence-electron chi connectivity index (χ3n) is 6.06. The quantitative estimate of drug-likeness (QED) is 0.481. The fourth-order valence-electron chi connectivity index (χ4n) is 4.26. The summed E-state index contributed by atoms with van der Waals surface area (Å²) >= 11 is 0. The topological polar surface area (TPSA) is 117 Å². The highest BCUT2D eigenvalue weighted by atomic mass is 19.4. The molecule has 2 atom stereocenters. The molecular weight excluding hydrogens is 427 g/mol. The number of rotatable bonds is 4. The van der Waals surface area contributed by atoms with Gasteiger partial charge in [-0.05, 0) is 37.3 Å². The number of alkyl halides is 3. The smallest absolute Gasteiger partial charge is 0.383 e. The van der Waals surface area contributed by atoms with Crippen molar-refractivity contribution in [2.24, 2.45) is 10.7 Å². The van der Waals surface area contributed by atoms with Crippen molar-refractivity contribution in [2.45, 2.75) is 69.4 Å². The van der Waals surface area contributed by atoms with Crippen LogP contribution in [0.2, 0.25) is 0 Å². The van der Waals surface area contributed by atoms with Crippen LogP contribution in [0.4, 0.5) is 18.0 Å². The predicted molar refractivity (Wildman–Crippen MR) is 109 cm³/mol. The lowest BCUT2D eigenvalue weighted by Gasteiger charge is -2.38. The molecule has 4 N–H and O–H groups in total. The fourth-order valence-corrected chi connectivity index (χ4v) is 4.26. The average Bonchev–Trinajstić information content (AvgIpc) is 3.49. The zero-order valence-electron chi connectivity index (χ0n) is 17.2. The van der Waals surface area contributed by atoms with Crippen LogP contribution < -0.4 is 16.4 Å². The van der Waals surface area contributed by atoms with E-state index in [1.165, 1.54) is 12.1 Å². The van der Waals surface area contributed by atoms with Crippen LogP contribution in [0, 0.1) is 0 Å². The number of hydrogen-bond acceptors (Lipinski definition) is 3. The molecule has 4 rings (SSSR count). The summed E-state index contributed by atoms with van der Waals surface area (Å²) in [4.78, 5) is 41.1. The highest BCUT2D eigenvalue weighted by molar-refractivity contribution is 6.07. The highest BCUT2D eigenvalue weighted by Crippen LogP contribution is 2.32. The molecule has 2 saturated carbocycles. The number of aliphatic imine (C=N–C) groups is 1. The highest BCUT2D eigenvalue weighted by Gasteiger charge is 2.40. The number of urea groups is 1. The summed E-state index contributed by atoms with van der Waals surface area (Å²) in [6.07, 6.45) is 0.206. The Morgan fingerprint density at radius 1 is 1.09 bits per heavy atom. The van der Waals surface area contributed by atoms with Crippen LogP contribution in [0.25, 0.3) is 0 Å². The molecule has 0 radical (unpaired) electrons. The SMILES string of the molecule is NC(=NC(=O)C(F)(F)F)c1ccc2c(c1)C(=O)N([C@@H]1CCCCC1NC(=O)NC1CC1)C2. The molecule has 1 aromatic rings. The summed E-state index contributed by atoms with van der Waals surface area (Å²) in [7, 11) is 0. The minimum Gasteiger partial charge on any atom is -0.383 e. The maximum Gasteiger partial charge on any atom is 0.473 e. The third kappa shape index (κ3) is 4.71. The summed E-state index contributed by atoms with van der Waals surface area (Å²) in [6.45, 7) is 0.333. The standard InChI is InChI=1S/C21H24F3N5O3/c22-21(23,24)19(31)28-17(25)11-5-6-12-10-29(18(30)14(12)9-11)16-4-2-1-3-15(16)27-20(32)26-13-7-8-13/h5-6,9,13,15-16H,1-4,7-8,10H2,(H2,25,28,31)(H2,26,27,32)/t15?,16-/m1/s1. The number of nitrogens with two attached hydrogens (primary N) is 1. The van der Waals surface area contributed by atoms with Gasteiger partial charge in [0.05, 0.1) is 12.1 Å². The molecule has 1 heterocycles. The van der Waals surface area contributed by atoms with Crippen LogP contribution in [0.15, 0.2) is 23.2 Å². The van der Waals surface area contributed by atoms with Gasteiger partial charge >= 0.3 is 18.1 Å². The number of amidine groups is 1. The van der Waals surface area contributed by atoms with E-state index in [4.69, 9.17) is 5.73 Å². The zero-order valence-corrected chi connectivity index (χ0v) is 17.2. The Hall–Kier alpha value is -3.11. The van der Waals surface area contributed by atoms with Crippen molar-refractivity contribution in [3.63, 3.8) is 0 Å². The Morgan fingerprint density at radius 3 is 2.50 bits per heavy atom. The molecule has 2 fully saturated rings. The molecular formula is C21H24F3N5O3. The van der Waals surface area contributed by atoms with Crippen LogP contribution in [0.5, 0.6) is 0 Å². The van der Waals surface area contributed by atoms with E-state index in [1.807, 2.05) is 0 Å². The summed E-state index contributed by atoms with van der Waals surface area (Å²) in [5, 5.41) is 5.90. The first-order valence-electron chi connectivity index (χ1n) is 10.6. The Kier molecular flexibility index (Phi) is 5.83. The molecule has 172 valence electrons. The van der Waals surface area contributed by atoms with E-state index in [2.05, 4.69) is 15.6 Å². The molecule has 1 aliphatic heterocycles. The summed E-state index contributed by atoms with van der Waals surface area (Å²) < 4.78 is 37.4. The maximum atomic E-state index is 13.1. The van der Waals surface area contributed by atoms with Crippen molar-refractivity contribution >= 4 is 23.7 Å². The van der Waals surface area contributed by atoms with Crippen molar-refractivity contribution in [3.05, 3.63) is 34.9 Å². The van der Waals surface area contributed by atoms with Crippen molar-refractivity contribution in [1.29, 1.82) is 0 Å². The van der Waals surface area contributed by atoms with Gasteiger partial charge in [0, 0.05) is 23.7 Å². The van der Waals surface area contributed by atoms with Gasteiger partial charge in [0.15, 0.2) is 0 Å². The summed E-state index contributed by atoms with van der Waals surface area (Å²) in [6, 6.07) is 4.04. The van der Waals surface area contributed by atoms with Gasteiger partial charge in [-0.15, -0.1) is 0 Å². The first kappa shape index (κ1) is 22.1. The minimum atomic E-state index is -5.12. The van der Waals surface area contributed by atoms with Crippen LogP contribution >= 0.6 is 0 Å². The molecule has 2 aliphatic carbocycles. The zero-order chi connectivity index (χ0) is 23.0. The van der Waals surface area contributed by atoms with Gasteiger partial charge in [-0.25, -0.2) is 4.79 Å². The Bertz CT molecular complexity index is 974. The molecule has 32 heavy (non-hydrogen) atoms. The van der Waals surface area contributed by atoms with E-state index < -0.39 is 17.9 Å². The number of nitrogens with zero attached hydrogens (tertiary/aromatic N) is 2. The van der Waals surface area contributed by atoms with Gasteiger partial charge in [0.2, 0.25) is 0 Å². The lowest BCUT2D eigenvalue weighted by molar-refractivity contribution is -0.169. The van der Waals surface area contributed by atoms with Gasteiger partial charge in [0.1, 0.15) is 5.84 Å². The summed E-state index contributed by atoms with van der Waals surface area (Å²) in [5.74, 6) is -3.18. The molecule has 0 saturated heterocycles. The van der Waals surface area contributed by atoms with Gasteiger partial charge in [-0.3, -0.25) is 9.59 Å². The molecule has 0 bridgehead atoms. The average molecular weight is 451 g/mol. The van der Waals surface area contributed by atoms with E-state index in [1.54, 1.807) is 11.0 Å². The van der Waals surface area contributed by atoms with Crippen molar-refractivity contribution < 1.29 is 27.6 Å². The van der Waals surface area contributed by atoms with Crippen LogP contribution in [-0.2, 0) is 11.3 Å². The number of amides is 4. The molecule has 11 heteroatoms. The maximum absolute atomic E-state index is 13.1. The second kappa shape index (κ2) is 8.44. The van der Waals surface area contributed by atoms with E-state index in [-0.39, 0.29) is 35.6 Å². The predicted octanol–water partition coefficient (Wildman–Crippen LogP) is 2.21. The fraction of sp³-hybridized carbons (Fsp3) is 0.524.